The van der Waals surface area contributed by atoms with E-state index in [1.165, 1.54) is 19.4 Å². The van der Waals surface area contributed by atoms with Crippen LogP contribution in [-0.4, -0.2) is 40.2 Å². The average molecular weight is 458 g/mol. The third-order valence-corrected chi connectivity index (χ3v) is 5.72. The monoisotopic (exact) mass is 458 g/mol. The summed E-state index contributed by atoms with van der Waals surface area (Å²) in [6, 6.07) is 4.75. The van der Waals surface area contributed by atoms with Gasteiger partial charge >= 0.3 is 11.9 Å². The Morgan fingerprint density at radius 1 is 1.24 bits per heavy atom. The van der Waals surface area contributed by atoms with Crippen LogP contribution < -0.4 is 14.9 Å². The lowest BCUT2D eigenvalue weighted by Crippen LogP contribution is -2.32. The Kier molecular flexibility index (Phi) is 6.57. The predicted molar refractivity (Wildman–Crippen MR) is 119 cm³/mol. The maximum atomic E-state index is 12.5. The van der Waals surface area contributed by atoms with Crippen LogP contribution in [0.5, 0.6) is 11.5 Å². The number of carboxylic acid groups (broad SMARTS) is 1. The van der Waals surface area contributed by atoms with E-state index in [1.54, 1.807) is 12.1 Å². The fourth-order valence-electron chi connectivity index (χ4n) is 3.99. The van der Waals surface area contributed by atoms with Crippen LogP contribution >= 0.6 is 0 Å². The number of rotatable bonds is 7. The minimum absolute atomic E-state index is 0.0927. The van der Waals surface area contributed by atoms with Gasteiger partial charge in [-0.15, -0.1) is 0 Å². The molecule has 1 amide bonds. The summed E-state index contributed by atoms with van der Waals surface area (Å²) in [5, 5.41) is 19.9. The van der Waals surface area contributed by atoms with Crippen LogP contribution in [0.2, 0.25) is 0 Å². The van der Waals surface area contributed by atoms with E-state index < -0.39 is 22.2 Å². The summed E-state index contributed by atoms with van der Waals surface area (Å²) in [5.41, 5.74) is 1.11. The molecule has 0 radical (unpaired) electrons. The van der Waals surface area contributed by atoms with Gasteiger partial charge in [-0.05, 0) is 36.0 Å². The number of amides is 1. The standard InChI is InChI=1S/C23H26N2O8/c1-23(2,3)20-9-13-8-19(33-7-5-6-21(27)25(30)31)18(32-4)10-14(13)16-11-17(26)15(22(28)29)12-24(16)20/h8,10-12,20H,5-7,9H2,1-4H3,(H,28,29). The molecular formula is C23H26N2O8. The number of carboxylic acids is 1. The van der Waals surface area contributed by atoms with Gasteiger partial charge in [0.25, 0.3) is 0 Å². The highest BCUT2D eigenvalue weighted by Gasteiger charge is 2.34. The number of carbonyl (C=O) groups excluding carboxylic acids is 1. The lowest BCUT2D eigenvalue weighted by atomic mass is 9.78. The molecule has 10 nitrogen and oxygen atoms in total. The largest absolute Gasteiger partial charge is 0.493 e. The van der Waals surface area contributed by atoms with Crippen LogP contribution in [-0.2, 0) is 11.2 Å². The van der Waals surface area contributed by atoms with E-state index in [4.69, 9.17) is 9.47 Å². The first-order valence-electron chi connectivity index (χ1n) is 10.4. The minimum atomic E-state index is -1.27. The van der Waals surface area contributed by atoms with Crippen LogP contribution in [0.1, 0.15) is 55.6 Å². The summed E-state index contributed by atoms with van der Waals surface area (Å²) in [4.78, 5) is 44.7. The number of fused-ring (bicyclic) bond motifs is 3. The highest BCUT2D eigenvalue weighted by Crippen LogP contribution is 2.45. The Hall–Kier alpha value is -3.69. The molecule has 33 heavy (non-hydrogen) atoms. The molecule has 1 N–H and O–H groups in total. The van der Waals surface area contributed by atoms with Crippen molar-refractivity contribution in [2.24, 2.45) is 5.41 Å². The Morgan fingerprint density at radius 2 is 1.94 bits per heavy atom. The molecule has 1 aliphatic heterocycles. The molecule has 2 aromatic rings. The molecule has 3 rings (SSSR count). The normalized spacial score (nSPS) is 14.7. The number of hydrogen-bond acceptors (Lipinski definition) is 7. The zero-order chi connectivity index (χ0) is 24.5. The number of benzene rings is 1. The second-order valence-electron chi connectivity index (χ2n) is 9.00. The van der Waals surface area contributed by atoms with Gasteiger partial charge in [-0.2, -0.15) is 0 Å². The summed E-state index contributed by atoms with van der Waals surface area (Å²) < 4.78 is 13.1. The van der Waals surface area contributed by atoms with E-state index in [1.807, 2.05) is 25.3 Å². The van der Waals surface area contributed by atoms with Crippen molar-refractivity contribution in [3.8, 4) is 22.8 Å². The minimum Gasteiger partial charge on any atom is -0.493 e. The molecule has 176 valence electrons. The number of carbonyl (C=O) groups is 2. The van der Waals surface area contributed by atoms with Crippen molar-refractivity contribution in [3.05, 3.63) is 55.9 Å². The third kappa shape index (κ3) is 4.89. The Balaban J connectivity index is 2.02. The molecule has 1 unspecified atom stereocenters. The first-order chi connectivity index (χ1) is 15.4. The van der Waals surface area contributed by atoms with Gasteiger partial charge in [0.05, 0.1) is 25.8 Å². The van der Waals surface area contributed by atoms with Crippen LogP contribution in [0.3, 0.4) is 0 Å². The maximum absolute atomic E-state index is 12.5. The summed E-state index contributed by atoms with van der Waals surface area (Å²) in [6.07, 6.45) is 1.92. The first kappa shape index (κ1) is 24.0. The zero-order valence-corrected chi connectivity index (χ0v) is 18.9. The van der Waals surface area contributed by atoms with Crippen molar-refractivity contribution in [2.75, 3.05) is 13.7 Å². The van der Waals surface area contributed by atoms with Crippen LogP contribution in [0.4, 0.5) is 0 Å². The van der Waals surface area contributed by atoms with Crippen molar-refractivity contribution in [1.82, 2.24) is 4.57 Å². The number of aromatic carboxylic acids is 1. The zero-order valence-electron chi connectivity index (χ0n) is 18.9. The van der Waals surface area contributed by atoms with E-state index in [2.05, 4.69) is 0 Å². The van der Waals surface area contributed by atoms with Gasteiger partial charge in [0, 0.05) is 23.9 Å². The first-order valence-corrected chi connectivity index (χ1v) is 10.4. The van der Waals surface area contributed by atoms with Crippen LogP contribution in [0, 0.1) is 15.5 Å². The maximum Gasteiger partial charge on any atom is 0.444 e. The Morgan fingerprint density at radius 3 is 2.52 bits per heavy atom. The van der Waals surface area contributed by atoms with Crippen molar-refractivity contribution < 1.29 is 29.1 Å². The Bertz CT molecular complexity index is 1180. The molecule has 0 spiro atoms. The van der Waals surface area contributed by atoms with Gasteiger partial charge < -0.3 is 19.1 Å². The SMILES string of the molecule is COc1cc2c(cc1OCCCC(=O)[N+](=O)[O-])CC(C(C)(C)C)n1cc(C(=O)O)c(=O)cc1-2. The molecule has 2 heterocycles. The fourth-order valence-corrected chi connectivity index (χ4v) is 3.99. The molecule has 0 fully saturated rings. The van der Waals surface area contributed by atoms with Gasteiger partial charge in [0.2, 0.25) is 0 Å². The average Bonchev–Trinajstić information content (AvgIpc) is 2.73. The van der Waals surface area contributed by atoms with Gasteiger partial charge in [-0.1, -0.05) is 20.8 Å². The highest BCUT2D eigenvalue weighted by molar-refractivity contribution is 5.88. The Labute approximate surface area is 189 Å². The van der Waals surface area contributed by atoms with Crippen molar-refractivity contribution in [2.45, 2.75) is 46.1 Å². The van der Waals surface area contributed by atoms with Crippen molar-refractivity contribution in [3.63, 3.8) is 0 Å². The number of methoxy groups -OCH3 is 1. The summed E-state index contributed by atoms with van der Waals surface area (Å²) in [5.74, 6) is -1.52. The summed E-state index contributed by atoms with van der Waals surface area (Å²) in [7, 11) is 1.46. The summed E-state index contributed by atoms with van der Waals surface area (Å²) in [6.45, 7) is 6.21. The van der Waals surface area contributed by atoms with Crippen molar-refractivity contribution in [1.29, 1.82) is 0 Å². The lowest BCUT2D eigenvalue weighted by Gasteiger charge is -2.39. The van der Waals surface area contributed by atoms with Gasteiger partial charge in [0.15, 0.2) is 16.9 Å². The third-order valence-electron chi connectivity index (χ3n) is 5.72. The molecule has 0 aliphatic carbocycles. The lowest BCUT2D eigenvalue weighted by molar-refractivity contribution is -0.402. The number of pyridine rings is 1. The molecular weight excluding hydrogens is 432 g/mol. The molecule has 0 bridgehead atoms. The van der Waals surface area contributed by atoms with E-state index in [0.717, 1.165) is 11.1 Å². The molecule has 0 saturated carbocycles. The molecule has 0 saturated heterocycles. The molecule has 10 heteroatoms. The predicted octanol–water partition coefficient (Wildman–Crippen LogP) is 3.33. The number of aromatic nitrogens is 1. The molecule has 1 aliphatic rings. The smallest absolute Gasteiger partial charge is 0.444 e. The second-order valence-corrected chi connectivity index (χ2v) is 9.00. The van der Waals surface area contributed by atoms with Crippen molar-refractivity contribution >= 4 is 11.9 Å². The summed E-state index contributed by atoms with van der Waals surface area (Å²) >= 11 is 0. The van der Waals surface area contributed by atoms with Gasteiger partial charge in [-0.25, -0.2) is 9.59 Å². The number of hydrogen-bond donors (Lipinski definition) is 1. The second kappa shape index (κ2) is 9.05. The topological polar surface area (TPSA) is 138 Å². The van der Waals surface area contributed by atoms with E-state index in [-0.39, 0.29) is 36.5 Å². The van der Waals surface area contributed by atoms with Crippen LogP contribution in [0.15, 0.2) is 29.2 Å². The number of nitro groups is 1. The van der Waals surface area contributed by atoms with E-state index in [9.17, 15) is 29.6 Å². The molecule has 1 aromatic carbocycles. The van der Waals surface area contributed by atoms with Gasteiger partial charge in [0.1, 0.15) is 10.5 Å². The molecule has 1 aromatic heterocycles. The fraction of sp³-hybridized carbons (Fsp3) is 0.435. The number of ether oxygens (including phenoxy) is 2. The van der Waals surface area contributed by atoms with Gasteiger partial charge in [-0.3, -0.25) is 14.9 Å². The highest BCUT2D eigenvalue weighted by atomic mass is 16.6. The quantitative estimate of drug-likeness (QED) is 0.379. The molecule has 1 atom stereocenters. The number of nitrogens with zero attached hydrogens (tertiary/aromatic N) is 2. The van der Waals surface area contributed by atoms with Crippen LogP contribution in [0.25, 0.3) is 11.3 Å². The van der Waals surface area contributed by atoms with E-state index in [0.29, 0.717) is 23.6 Å². The van der Waals surface area contributed by atoms with E-state index >= 15 is 0 Å².